The molecule has 0 unspecified atom stereocenters. The molecule has 3 heterocycles. The quantitative estimate of drug-likeness (QED) is 0.202. The third kappa shape index (κ3) is 6.57. The van der Waals surface area contributed by atoms with Crippen molar-refractivity contribution in [3.8, 4) is 16.9 Å². The summed E-state index contributed by atoms with van der Waals surface area (Å²) in [5, 5.41) is 4.23. The molecule has 0 amide bonds. The van der Waals surface area contributed by atoms with Gasteiger partial charge in [-0.15, -0.1) is 0 Å². The number of hydrogen-bond donors (Lipinski definition) is 1. The SMILES string of the molecule is CCNc1ccc(-c2ccc3oc(C=C4C=C(C=C5Oc6ccc(Cl)cc6N5C)CC(C)(C)C4)[n+](C)c3c2)cc1CC1=CCCCO1. The van der Waals surface area contributed by atoms with E-state index in [0.29, 0.717) is 5.02 Å². The van der Waals surface area contributed by atoms with Crippen LogP contribution >= 0.6 is 11.6 Å². The monoisotopic (exact) mass is 648 g/mol. The minimum Gasteiger partial charge on any atom is -0.498 e. The number of nitrogens with zero attached hydrogens (tertiary/aromatic N) is 2. The van der Waals surface area contributed by atoms with E-state index in [1.807, 2.05) is 25.2 Å². The summed E-state index contributed by atoms with van der Waals surface area (Å²) in [6.45, 7) is 8.45. The van der Waals surface area contributed by atoms with Crippen LogP contribution in [0, 0.1) is 5.41 Å². The zero-order valence-electron chi connectivity index (χ0n) is 28.0. The second-order valence-corrected chi connectivity index (χ2v) is 14.1. The molecular weight excluding hydrogens is 606 g/mol. The van der Waals surface area contributed by atoms with E-state index in [1.165, 1.54) is 22.3 Å². The smallest absolute Gasteiger partial charge is 0.374 e. The largest absolute Gasteiger partial charge is 0.498 e. The van der Waals surface area contributed by atoms with Gasteiger partial charge in [0.05, 0.1) is 24.1 Å². The summed E-state index contributed by atoms with van der Waals surface area (Å²) in [4.78, 5) is 2.06. The van der Waals surface area contributed by atoms with Crippen LogP contribution in [0.5, 0.6) is 5.75 Å². The summed E-state index contributed by atoms with van der Waals surface area (Å²) < 4.78 is 20.8. The lowest BCUT2D eigenvalue weighted by Gasteiger charge is -2.30. The van der Waals surface area contributed by atoms with E-state index >= 15 is 0 Å². The number of ether oxygens (including phenoxy) is 2. The van der Waals surface area contributed by atoms with Crippen molar-refractivity contribution in [2.24, 2.45) is 12.5 Å². The first-order valence-electron chi connectivity index (χ1n) is 16.6. The Kier molecular flexibility index (Phi) is 8.39. The van der Waals surface area contributed by atoms with Crippen molar-refractivity contribution >= 4 is 40.2 Å². The van der Waals surface area contributed by atoms with Crippen molar-refractivity contribution in [3.05, 3.63) is 112 Å². The molecule has 0 atom stereocenters. The van der Waals surface area contributed by atoms with Gasteiger partial charge < -0.3 is 24.1 Å². The fourth-order valence-electron chi connectivity index (χ4n) is 6.95. The molecule has 3 aliphatic rings. The van der Waals surface area contributed by atoms with E-state index < -0.39 is 0 Å². The van der Waals surface area contributed by atoms with E-state index in [1.54, 1.807) is 0 Å². The van der Waals surface area contributed by atoms with Gasteiger partial charge in [0, 0.05) is 42.9 Å². The summed E-state index contributed by atoms with van der Waals surface area (Å²) in [5.41, 5.74) is 10.2. The van der Waals surface area contributed by atoms with Gasteiger partial charge in [0.1, 0.15) is 7.05 Å². The Morgan fingerprint density at radius 3 is 2.66 bits per heavy atom. The van der Waals surface area contributed by atoms with Gasteiger partial charge in [-0.25, -0.2) is 0 Å². The Morgan fingerprint density at radius 1 is 1.02 bits per heavy atom. The van der Waals surface area contributed by atoms with E-state index in [2.05, 4.69) is 103 Å². The second kappa shape index (κ2) is 12.6. The minimum atomic E-state index is 0.0906. The van der Waals surface area contributed by atoms with Crippen molar-refractivity contribution in [3.63, 3.8) is 0 Å². The van der Waals surface area contributed by atoms with Gasteiger partial charge in [-0.2, -0.15) is 4.57 Å². The third-order valence-electron chi connectivity index (χ3n) is 9.23. The molecule has 6 nitrogen and oxygen atoms in total. The molecule has 1 aliphatic carbocycles. The van der Waals surface area contributed by atoms with E-state index in [4.69, 9.17) is 25.5 Å². The first kappa shape index (κ1) is 31.2. The predicted molar refractivity (Wildman–Crippen MR) is 192 cm³/mol. The maximum absolute atomic E-state index is 6.44. The van der Waals surface area contributed by atoms with Crippen LogP contribution in [0.25, 0.3) is 28.3 Å². The number of oxazole rings is 1. The molecule has 0 spiro atoms. The predicted octanol–water partition coefficient (Wildman–Crippen LogP) is 9.75. The van der Waals surface area contributed by atoms with Gasteiger partial charge in [-0.3, -0.25) is 0 Å². The zero-order chi connectivity index (χ0) is 32.7. The molecule has 2 aliphatic heterocycles. The normalized spacial score (nSPS) is 19.0. The van der Waals surface area contributed by atoms with Gasteiger partial charge >= 0.3 is 5.89 Å². The Hall–Kier alpha value is -4.42. The summed E-state index contributed by atoms with van der Waals surface area (Å²) >= 11 is 6.26. The number of halogens is 1. The lowest BCUT2D eigenvalue weighted by molar-refractivity contribution is -0.652. The molecule has 0 saturated carbocycles. The molecule has 0 bridgehead atoms. The molecule has 1 aromatic heterocycles. The number of rotatable bonds is 7. The number of nitrogens with one attached hydrogen (secondary N) is 1. The van der Waals surface area contributed by atoms with Gasteiger partial charge in [0.2, 0.25) is 11.5 Å². The van der Waals surface area contributed by atoms with Crippen molar-refractivity contribution < 1.29 is 18.5 Å². The van der Waals surface area contributed by atoms with Gasteiger partial charge in [0.15, 0.2) is 5.75 Å². The molecular formula is C40H43ClN3O3+. The van der Waals surface area contributed by atoms with Crippen LogP contribution in [0.4, 0.5) is 11.4 Å². The highest BCUT2D eigenvalue weighted by molar-refractivity contribution is 6.31. The number of aryl methyl sites for hydroxylation is 1. The number of benzene rings is 3. The molecule has 7 heteroatoms. The van der Waals surface area contributed by atoms with Crippen molar-refractivity contribution in [1.29, 1.82) is 0 Å². The standard InChI is InChI=1S/C40H43ClN3O3/c1-6-42-33-13-10-28(20-30(33)21-32-9-7-8-16-45-32)29-11-14-36-34(22-29)43(4)38(46-36)18-26-17-27(25-40(2,3)24-26)19-39-44(5)35-23-31(41)12-15-37(35)47-39/h9-15,17-20,22-23,42H,6-8,16,21,24-25H2,1-5H3/q+1. The molecule has 4 aromatic rings. The Labute approximate surface area is 282 Å². The molecule has 47 heavy (non-hydrogen) atoms. The zero-order valence-corrected chi connectivity index (χ0v) is 28.7. The highest BCUT2D eigenvalue weighted by Gasteiger charge is 2.29. The summed E-state index contributed by atoms with van der Waals surface area (Å²) in [6.07, 6.45) is 13.7. The van der Waals surface area contributed by atoms with E-state index in [-0.39, 0.29) is 5.41 Å². The van der Waals surface area contributed by atoms with Crippen LogP contribution in [0.15, 0.2) is 100 Å². The minimum absolute atomic E-state index is 0.0906. The summed E-state index contributed by atoms with van der Waals surface area (Å²) in [7, 11) is 4.10. The lowest BCUT2D eigenvalue weighted by Crippen LogP contribution is -2.29. The van der Waals surface area contributed by atoms with E-state index in [0.717, 1.165) is 96.6 Å². The van der Waals surface area contributed by atoms with Crippen molar-refractivity contribution in [2.45, 2.75) is 52.9 Å². The van der Waals surface area contributed by atoms with Gasteiger partial charge in [0.25, 0.3) is 5.52 Å². The lowest BCUT2D eigenvalue weighted by atomic mass is 9.75. The summed E-state index contributed by atoms with van der Waals surface area (Å²) in [5.74, 6) is 3.52. The van der Waals surface area contributed by atoms with E-state index in [9.17, 15) is 0 Å². The molecule has 0 radical (unpaired) electrons. The van der Waals surface area contributed by atoms with Crippen molar-refractivity contribution in [2.75, 3.05) is 30.4 Å². The van der Waals surface area contributed by atoms with Crippen LogP contribution in [0.1, 0.15) is 57.9 Å². The Morgan fingerprint density at radius 2 is 1.85 bits per heavy atom. The van der Waals surface area contributed by atoms with Crippen LogP contribution in [-0.4, -0.2) is 20.2 Å². The second-order valence-electron chi connectivity index (χ2n) is 13.6. The first-order chi connectivity index (χ1) is 22.7. The molecule has 1 N–H and O–H groups in total. The van der Waals surface area contributed by atoms with Gasteiger partial charge in [-0.05, 0) is 108 Å². The third-order valence-corrected chi connectivity index (χ3v) is 9.46. The molecule has 0 fully saturated rings. The van der Waals surface area contributed by atoms with Gasteiger partial charge in [-0.1, -0.05) is 43.7 Å². The molecule has 3 aromatic carbocycles. The van der Waals surface area contributed by atoms with Crippen LogP contribution in [0.2, 0.25) is 5.02 Å². The number of fused-ring (bicyclic) bond motifs is 2. The maximum atomic E-state index is 6.44. The highest BCUT2D eigenvalue weighted by Crippen LogP contribution is 2.43. The van der Waals surface area contributed by atoms with Crippen LogP contribution in [0.3, 0.4) is 0 Å². The fourth-order valence-corrected chi connectivity index (χ4v) is 7.12. The highest BCUT2D eigenvalue weighted by atomic mass is 35.5. The molecule has 242 valence electrons. The van der Waals surface area contributed by atoms with Crippen molar-refractivity contribution in [1.82, 2.24) is 0 Å². The number of allylic oxidation sites excluding steroid dienone is 6. The average molecular weight is 649 g/mol. The Bertz CT molecular complexity index is 1980. The molecule has 0 saturated heterocycles. The molecule has 7 rings (SSSR count). The Balaban J connectivity index is 1.19. The summed E-state index contributed by atoms with van der Waals surface area (Å²) in [6, 6.07) is 18.9. The fraction of sp³-hybridized carbons (Fsp3) is 0.325. The van der Waals surface area contributed by atoms with Crippen LogP contribution in [-0.2, 0) is 18.2 Å². The average Bonchev–Trinajstić information content (AvgIpc) is 3.52. The first-order valence-corrected chi connectivity index (χ1v) is 17.0. The number of hydrogen-bond acceptors (Lipinski definition) is 5. The topological polar surface area (TPSA) is 50.8 Å². The maximum Gasteiger partial charge on any atom is 0.374 e. The number of aromatic nitrogens is 1. The number of anilines is 2. The van der Waals surface area contributed by atoms with Crippen LogP contribution < -0.4 is 19.5 Å².